The minimum atomic E-state index is -0.143. The van der Waals surface area contributed by atoms with Crippen LogP contribution >= 0.6 is 24.0 Å². The monoisotopic (exact) mass is 435 g/mol. The van der Waals surface area contributed by atoms with Gasteiger partial charge < -0.3 is 15.1 Å². The lowest BCUT2D eigenvalue weighted by Crippen LogP contribution is -2.44. The molecule has 2 fully saturated rings. The van der Waals surface area contributed by atoms with Crippen molar-refractivity contribution < 1.29 is 4.79 Å². The molecule has 1 aromatic carbocycles. The Morgan fingerprint density at radius 2 is 1.87 bits per heavy atom. The molecule has 2 aliphatic heterocycles. The van der Waals surface area contributed by atoms with E-state index in [0.29, 0.717) is 9.23 Å². The Kier molecular flexibility index (Phi) is 5.06. The molecule has 30 heavy (non-hydrogen) atoms. The number of thiocarbonyl (C=S) groups is 1. The highest BCUT2D eigenvalue weighted by Gasteiger charge is 2.22. The van der Waals surface area contributed by atoms with Gasteiger partial charge in [-0.15, -0.1) is 0 Å². The SMILES string of the molecule is CN1CCN(c2ccc(-c3cnc4ccc(C=C5SC(=S)NC5=O)cn34)cc2)CC1. The van der Waals surface area contributed by atoms with Gasteiger partial charge in [-0.05, 0) is 43.0 Å². The van der Waals surface area contributed by atoms with Gasteiger partial charge in [0, 0.05) is 43.6 Å². The van der Waals surface area contributed by atoms with Crippen molar-refractivity contribution in [3.8, 4) is 11.3 Å². The van der Waals surface area contributed by atoms with Crippen molar-refractivity contribution in [1.29, 1.82) is 0 Å². The van der Waals surface area contributed by atoms with Gasteiger partial charge in [-0.2, -0.15) is 0 Å². The number of hydrogen-bond acceptors (Lipinski definition) is 6. The Labute approximate surface area is 184 Å². The number of carbonyl (C=O) groups excluding carboxylic acids is 1. The average Bonchev–Trinajstić information content (AvgIpc) is 3.31. The molecule has 2 aromatic heterocycles. The quantitative estimate of drug-likeness (QED) is 0.504. The number of pyridine rings is 1. The maximum Gasteiger partial charge on any atom is 0.263 e. The molecule has 5 rings (SSSR count). The number of aromatic nitrogens is 2. The maximum absolute atomic E-state index is 12.0. The standard InChI is InChI=1S/C22H21N5OS2/c1-25-8-10-26(11-9-25)17-5-3-16(4-6-17)18-13-23-20-7-2-15(14-27(18)20)12-19-21(28)24-22(29)30-19/h2-7,12-14H,8-11H2,1H3,(H,24,28,29). The van der Waals surface area contributed by atoms with Crippen molar-refractivity contribution in [2.45, 2.75) is 0 Å². The fraction of sp³-hybridized carbons (Fsp3) is 0.227. The van der Waals surface area contributed by atoms with E-state index in [1.807, 2.05) is 30.6 Å². The number of fused-ring (bicyclic) bond motifs is 1. The van der Waals surface area contributed by atoms with Crippen LogP contribution in [0.1, 0.15) is 5.56 Å². The van der Waals surface area contributed by atoms with E-state index in [9.17, 15) is 4.79 Å². The fourth-order valence-corrected chi connectivity index (χ4v) is 4.82. The third-order valence-corrected chi connectivity index (χ3v) is 6.66. The van der Waals surface area contributed by atoms with Crippen LogP contribution in [0, 0.1) is 0 Å². The van der Waals surface area contributed by atoms with Crippen molar-refractivity contribution >= 4 is 51.6 Å². The molecule has 2 saturated heterocycles. The van der Waals surface area contributed by atoms with Gasteiger partial charge in [0.05, 0.1) is 16.8 Å². The largest absolute Gasteiger partial charge is 0.369 e. The molecule has 0 spiro atoms. The summed E-state index contributed by atoms with van der Waals surface area (Å²) in [4.78, 5) is 21.9. The Bertz CT molecular complexity index is 1160. The number of nitrogens with one attached hydrogen (secondary N) is 1. The molecule has 8 heteroatoms. The topological polar surface area (TPSA) is 52.9 Å². The predicted octanol–water partition coefficient (Wildman–Crippen LogP) is 3.24. The van der Waals surface area contributed by atoms with Crippen LogP contribution in [-0.2, 0) is 4.79 Å². The van der Waals surface area contributed by atoms with Crippen LogP contribution in [0.3, 0.4) is 0 Å². The van der Waals surface area contributed by atoms with Gasteiger partial charge in [-0.1, -0.05) is 36.1 Å². The molecule has 4 heterocycles. The maximum atomic E-state index is 12.0. The minimum Gasteiger partial charge on any atom is -0.369 e. The second-order valence-corrected chi connectivity index (χ2v) is 9.24. The molecular weight excluding hydrogens is 414 g/mol. The third kappa shape index (κ3) is 3.74. The van der Waals surface area contributed by atoms with E-state index in [-0.39, 0.29) is 5.91 Å². The van der Waals surface area contributed by atoms with Crippen LogP contribution in [0.4, 0.5) is 5.69 Å². The molecule has 6 nitrogen and oxygen atoms in total. The van der Waals surface area contributed by atoms with E-state index >= 15 is 0 Å². The normalized spacial score (nSPS) is 19.1. The molecule has 0 atom stereocenters. The Morgan fingerprint density at radius 1 is 1.10 bits per heavy atom. The van der Waals surface area contributed by atoms with Gasteiger partial charge in [0.15, 0.2) is 0 Å². The van der Waals surface area contributed by atoms with Crippen molar-refractivity contribution in [3.63, 3.8) is 0 Å². The van der Waals surface area contributed by atoms with Crippen LogP contribution in [-0.4, -0.2) is 57.7 Å². The van der Waals surface area contributed by atoms with Gasteiger partial charge in [0.2, 0.25) is 0 Å². The second kappa shape index (κ2) is 7.86. The number of likely N-dealkylation sites (N-methyl/N-ethyl adjacent to an activating group) is 1. The molecule has 1 amide bonds. The van der Waals surface area contributed by atoms with Crippen LogP contribution in [0.5, 0.6) is 0 Å². The first kappa shape index (κ1) is 19.3. The van der Waals surface area contributed by atoms with E-state index in [1.165, 1.54) is 17.4 Å². The third-order valence-electron chi connectivity index (χ3n) is 5.50. The van der Waals surface area contributed by atoms with E-state index in [4.69, 9.17) is 12.2 Å². The van der Waals surface area contributed by atoms with Crippen LogP contribution in [0.2, 0.25) is 0 Å². The first-order valence-electron chi connectivity index (χ1n) is 9.83. The second-order valence-electron chi connectivity index (χ2n) is 7.52. The van der Waals surface area contributed by atoms with Gasteiger partial charge in [-0.3, -0.25) is 9.20 Å². The number of nitrogens with zero attached hydrogens (tertiary/aromatic N) is 4. The molecule has 1 N–H and O–H groups in total. The van der Waals surface area contributed by atoms with Crippen LogP contribution in [0.25, 0.3) is 23.0 Å². The zero-order valence-corrected chi connectivity index (χ0v) is 18.2. The zero-order valence-electron chi connectivity index (χ0n) is 16.5. The van der Waals surface area contributed by atoms with Crippen molar-refractivity contribution in [2.75, 3.05) is 38.1 Å². The lowest BCUT2D eigenvalue weighted by atomic mass is 10.1. The predicted molar refractivity (Wildman–Crippen MR) is 127 cm³/mol. The van der Waals surface area contributed by atoms with E-state index < -0.39 is 0 Å². The lowest BCUT2D eigenvalue weighted by Gasteiger charge is -2.34. The van der Waals surface area contributed by atoms with Crippen LogP contribution < -0.4 is 10.2 Å². The molecule has 0 unspecified atom stereocenters. The summed E-state index contributed by atoms with van der Waals surface area (Å²) in [5.41, 5.74) is 5.19. The smallest absolute Gasteiger partial charge is 0.263 e. The highest BCUT2D eigenvalue weighted by Crippen LogP contribution is 2.28. The summed E-state index contributed by atoms with van der Waals surface area (Å²) in [7, 11) is 2.17. The molecule has 0 bridgehead atoms. The van der Waals surface area contributed by atoms with Crippen molar-refractivity contribution in [3.05, 3.63) is 59.3 Å². The van der Waals surface area contributed by atoms with E-state index in [1.54, 1.807) is 0 Å². The molecule has 2 aliphatic rings. The van der Waals surface area contributed by atoms with Gasteiger partial charge in [0.25, 0.3) is 5.91 Å². The summed E-state index contributed by atoms with van der Waals surface area (Å²) < 4.78 is 2.56. The summed E-state index contributed by atoms with van der Waals surface area (Å²) in [6.45, 7) is 4.29. The molecule has 0 saturated carbocycles. The Morgan fingerprint density at radius 3 is 2.57 bits per heavy atom. The fourth-order valence-electron chi connectivity index (χ4n) is 3.78. The number of imidazole rings is 1. The minimum absolute atomic E-state index is 0.143. The number of benzene rings is 1. The molecule has 3 aromatic rings. The summed E-state index contributed by atoms with van der Waals surface area (Å²) >= 11 is 6.36. The number of hydrogen-bond donors (Lipinski definition) is 1. The molecule has 0 radical (unpaired) electrons. The summed E-state index contributed by atoms with van der Waals surface area (Å²) in [5, 5.41) is 2.65. The summed E-state index contributed by atoms with van der Waals surface area (Å²) in [6, 6.07) is 12.6. The van der Waals surface area contributed by atoms with Crippen molar-refractivity contribution in [1.82, 2.24) is 19.6 Å². The van der Waals surface area contributed by atoms with Gasteiger partial charge in [-0.25, -0.2) is 4.98 Å². The highest BCUT2D eigenvalue weighted by atomic mass is 32.2. The van der Waals surface area contributed by atoms with Crippen LogP contribution in [0.15, 0.2) is 53.7 Å². The Balaban J connectivity index is 1.44. The number of anilines is 1. The molecular formula is C22H21N5OS2. The first-order chi connectivity index (χ1) is 14.6. The summed E-state index contributed by atoms with van der Waals surface area (Å²) in [6.07, 6.45) is 5.76. The number of carbonyl (C=O) groups is 1. The molecule has 152 valence electrons. The highest BCUT2D eigenvalue weighted by molar-refractivity contribution is 8.26. The number of amides is 1. The first-order valence-corrected chi connectivity index (χ1v) is 11.1. The number of thioether (sulfide) groups is 1. The zero-order chi connectivity index (χ0) is 20.7. The average molecular weight is 436 g/mol. The molecule has 0 aliphatic carbocycles. The van der Waals surface area contributed by atoms with E-state index in [2.05, 4.69) is 55.8 Å². The van der Waals surface area contributed by atoms with Gasteiger partial charge >= 0.3 is 0 Å². The van der Waals surface area contributed by atoms with E-state index in [0.717, 1.165) is 48.6 Å². The number of piperazine rings is 1. The van der Waals surface area contributed by atoms with Crippen molar-refractivity contribution in [2.24, 2.45) is 0 Å². The number of rotatable bonds is 3. The van der Waals surface area contributed by atoms with Gasteiger partial charge in [0.1, 0.15) is 9.97 Å². The Hall–Kier alpha value is -2.68. The summed E-state index contributed by atoms with van der Waals surface area (Å²) in [5.74, 6) is -0.143. The lowest BCUT2D eigenvalue weighted by molar-refractivity contribution is -0.115.